The molecule has 1 aromatic heterocycles. The van der Waals surface area contributed by atoms with Gasteiger partial charge in [0.05, 0.1) is 17.6 Å². The van der Waals surface area contributed by atoms with Crippen LogP contribution < -0.4 is 14.8 Å². The predicted octanol–water partition coefficient (Wildman–Crippen LogP) is 5.94. The molecule has 0 fully saturated rings. The molecule has 4 rings (SSSR count). The molecule has 1 heterocycles. The molecule has 2 N–H and O–H groups in total. The molecular weight excluding hydrogens is 466 g/mol. The average molecular weight is 494 g/mol. The van der Waals surface area contributed by atoms with Crippen molar-refractivity contribution in [3.8, 4) is 11.5 Å². The van der Waals surface area contributed by atoms with E-state index in [2.05, 4.69) is 56.3 Å². The van der Waals surface area contributed by atoms with E-state index in [1.165, 1.54) is 5.56 Å². The van der Waals surface area contributed by atoms with Gasteiger partial charge in [-0.25, -0.2) is 4.98 Å². The summed E-state index contributed by atoms with van der Waals surface area (Å²) in [4.78, 5) is 8.01. The summed E-state index contributed by atoms with van der Waals surface area (Å²) in [5.74, 6) is 2.50. The van der Waals surface area contributed by atoms with Crippen molar-refractivity contribution >= 4 is 27.0 Å². The summed E-state index contributed by atoms with van der Waals surface area (Å²) in [6.45, 7) is 6.70. The minimum Gasteiger partial charge on any atom is -0.490 e. The summed E-state index contributed by atoms with van der Waals surface area (Å²) in [5.41, 5.74) is 5.57. The van der Waals surface area contributed by atoms with Crippen molar-refractivity contribution in [1.29, 1.82) is 0 Å². The van der Waals surface area contributed by atoms with Gasteiger partial charge >= 0.3 is 0 Å². The number of aromatic amines is 1. The molecule has 0 aliphatic carbocycles. The first kappa shape index (κ1) is 22.4. The Labute approximate surface area is 197 Å². The third-order valence-electron chi connectivity index (χ3n) is 5.18. The van der Waals surface area contributed by atoms with E-state index < -0.39 is 0 Å². The molecule has 0 saturated heterocycles. The number of fused-ring (bicyclic) bond motifs is 1. The Bertz CT molecular complexity index is 1160. The zero-order valence-electron chi connectivity index (χ0n) is 18.5. The van der Waals surface area contributed by atoms with Gasteiger partial charge in [-0.05, 0) is 49.2 Å². The maximum Gasteiger partial charge on any atom is 0.162 e. The van der Waals surface area contributed by atoms with Gasteiger partial charge < -0.3 is 19.8 Å². The minimum atomic E-state index is 0.503. The normalized spacial score (nSPS) is 11.1. The number of aromatic nitrogens is 2. The first-order chi connectivity index (χ1) is 15.6. The number of imidazole rings is 1. The van der Waals surface area contributed by atoms with Crippen LogP contribution in [0, 0.1) is 6.92 Å². The number of hydrogen-bond donors (Lipinski definition) is 2. The van der Waals surface area contributed by atoms with Gasteiger partial charge in [0.2, 0.25) is 0 Å². The Kier molecular flexibility index (Phi) is 7.45. The van der Waals surface area contributed by atoms with Crippen molar-refractivity contribution in [2.75, 3.05) is 13.2 Å². The molecule has 3 aromatic carbocycles. The zero-order valence-corrected chi connectivity index (χ0v) is 20.0. The summed E-state index contributed by atoms with van der Waals surface area (Å²) in [5, 5.41) is 3.50. The number of rotatable bonds is 10. The zero-order chi connectivity index (χ0) is 22.3. The average Bonchev–Trinajstić information content (AvgIpc) is 3.20. The van der Waals surface area contributed by atoms with Crippen molar-refractivity contribution in [2.45, 2.75) is 33.4 Å². The fourth-order valence-electron chi connectivity index (χ4n) is 3.61. The Morgan fingerprint density at radius 1 is 1.00 bits per heavy atom. The molecule has 0 atom stereocenters. The molecule has 0 radical (unpaired) electrons. The van der Waals surface area contributed by atoms with Gasteiger partial charge in [0, 0.05) is 24.0 Å². The molecule has 0 unspecified atom stereocenters. The van der Waals surface area contributed by atoms with E-state index >= 15 is 0 Å². The summed E-state index contributed by atoms with van der Waals surface area (Å²) in [7, 11) is 0. The molecule has 0 aliphatic rings. The van der Waals surface area contributed by atoms with E-state index in [9.17, 15) is 0 Å². The number of benzene rings is 3. The number of ether oxygens (including phenoxy) is 2. The fraction of sp³-hybridized carbons (Fsp3) is 0.269. The van der Waals surface area contributed by atoms with Crippen LogP contribution in [0.25, 0.3) is 11.0 Å². The van der Waals surface area contributed by atoms with Crippen molar-refractivity contribution < 1.29 is 9.47 Å². The number of halogens is 1. The smallest absolute Gasteiger partial charge is 0.162 e. The van der Waals surface area contributed by atoms with Gasteiger partial charge in [-0.2, -0.15) is 0 Å². The topological polar surface area (TPSA) is 59.2 Å². The second-order valence-corrected chi connectivity index (χ2v) is 8.58. The molecule has 32 heavy (non-hydrogen) atoms. The summed E-state index contributed by atoms with van der Waals surface area (Å²) in [6.07, 6.45) is 0.836. The van der Waals surface area contributed by atoms with E-state index in [0.717, 1.165) is 63.5 Å². The molecule has 166 valence electrons. The van der Waals surface area contributed by atoms with Crippen LogP contribution in [-0.2, 0) is 19.6 Å². The first-order valence-electron chi connectivity index (χ1n) is 10.9. The van der Waals surface area contributed by atoms with Crippen LogP contribution in [-0.4, -0.2) is 23.1 Å². The van der Waals surface area contributed by atoms with Crippen LogP contribution in [0.15, 0.2) is 65.1 Å². The van der Waals surface area contributed by atoms with Gasteiger partial charge in [-0.15, -0.1) is 0 Å². The highest BCUT2D eigenvalue weighted by atomic mass is 79.9. The molecule has 0 spiro atoms. The third kappa shape index (κ3) is 5.69. The lowest BCUT2D eigenvalue weighted by atomic mass is 10.1. The van der Waals surface area contributed by atoms with Crippen LogP contribution >= 0.6 is 15.9 Å². The second kappa shape index (κ2) is 10.7. The molecule has 0 bridgehead atoms. The van der Waals surface area contributed by atoms with Gasteiger partial charge in [-0.3, -0.25) is 0 Å². The van der Waals surface area contributed by atoms with Crippen molar-refractivity contribution in [2.24, 2.45) is 0 Å². The maximum atomic E-state index is 6.09. The predicted molar refractivity (Wildman–Crippen MR) is 132 cm³/mol. The van der Waals surface area contributed by atoms with E-state index in [0.29, 0.717) is 13.2 Å². The Morgan fingerprint density at radius 3 is 2.66 bits per heavy atom. The molecule has 0 amide bonds. The Morgan fingerprint density at radius 2 is 1.84 bits per heavy atom. The summed E-state index contributed by atoms with van der Waals surface area (Å²) >= 11 is 3.70. The monoisotopic (exact) mass is 493 g/mol. The van der Waals surface area contributed by atoms with Crippen molar-refractivity contribution in [3.05, 3.63) is 87.7 Å². The Balaban J connectivity index is 1.37. The van der Waals surface area contributed by atoms with Crippen molar-refractivity contribution in [1.82, 2.24) is 15.3 Å². The molecule has 0 saturated carbocycles. The van der Waals surface area contributed by atoms with E-state index in [4.69, 9.17) is 9.47 Å². The van der Waals surface area contributed by atoms with Crippen molar-refractivity contribution in [3.63, 3.8) is 0 Å². The summed E-state index contributed by atoms with van der Waals surface area (Å²) in [6, 6.07) is 20.5. The molecule has 4 aromatic rings. The van der Waals surface area contributed by atoms with E-state index in [1.54, 1.807) is 0 Å². The lowest BCUT2D eigenvalue weighted by molar-refractivity contribution is 0.269. The highest BCUT2D eigenvalue weighted by Crippen LogP contribution is 2.34. The maximum absolute atomic E-state index is 6.09. The van der Waals surface area contributed by atoms with Crippen LogP contribution in [0.5, 0.6) is 11.5 Å². The minimum absolute atomic E-state index is 0.503. The van der Waals surface area contributed by atoms with Crippen LogP contribution in [0.2, 0.25) is 0 Å². The molecule has 5 nitrogen and oxygen atoms in total. The van der Waals surface area contributed by atoms with Gasteiger partial charge in [0.1, 0.15) is 12.4 Å². The van der Waals surface area contributed by atoms with Crippen LogP contribution in [0.3, 0.4) is 0 Å². The van der Waals surface area contributed by atoms with Gasteiger partial charge in [0.25, 0.3) is 0 Å². The largest absolute Gasteiger partial charge is 0.490 e. The lowest BCUT2D eigenvalue weighted by Crippen LogP contribution is -2.17. The van der Waals surface area contributed by atoms with E-state index in [1.807, 2.05) is 49.4 Å². The van der Waals surface area contributed by atoms with Crippen LogP contribution in [0.4, 0.5) is 0 Å². The quantitative estimate of drug-likeness (QED) is 0.268. The Hall–Kier alpha value is -2.83. The third-order valence-corrected chi connectivity index (χ3v) is 5.92. The molecule has 0 aliphatic heterocycles. The molecular formula is C26H28BrN3O2. The standard InChI is InChI=1S/C26H28BrN3O2/c1-3-31-24-14-20(16-28-12-11-26-29-22-9-4-5-10-23(22)30-26)21(27)15-25(24)32-17-19-8-6-7-18(2)13-19/h4-10,13-15,28H,3,11-12,16-17H2,1-2H3,(H,29,30). The van der Waals surface area contributed by atoms with Crippen LogP contribution in [0.1, 0.15) is 29.4 Å². The number of H-pyrrole nitrogens is 1. The van der Waals surface area contributed by atoms with Gasteiger partial charge in [-0.1, -0.05) is 57.9 Å². The number of aryl methyl sites for hydroxylation is 1. The fourth-order valence-corrected chi connectivity index (χ4v) is 4.07. The number of para-hydroxylation sites is 2. The number of nitrogens with zero attached hydrogens (tertiary/aromatic N) is 1. The highest BCUT2D eigenvalue weighted by Gasteiger charge is 2.12. The number of nitrogens with one attached hydrogen (secondary N) is 2. The first-order valence-corrected chi connectivity index (χ1v) is 11.7. The van der Waals surface area contributed by atoms with E-state index in [-0.39, 0.29) is 0 Å². The SMILES string of the molecule is CCOc1cc(CNCCc2nc3ccccc3[nH]2)c(Br)cc1OCc1cccc(C)c1. The summed E-state index contributed by atoms with van der Waals surface area (Å²) < 4.78 is 13.0. The van der Waals surface area contributed by atoms with Gasteiger partial charge in [0.15, 0.2) is 11.5 Å². The number of hydrogen-bond acceptors (Lipinski definition) is 4. The lowest BCUT2D eigenvalue weighted by Gasteiger charge is -2.15. The highest BCUT2D eigenvalue weighted by molar-refractivity contribution is 9.10. The molecule has 6 heteroatoms. The second-order valence-electron chi connectivity index (χ2n) is 7.73.